The first-order valence-corrected chi connectivity index (χ1v) is 7.39. The molecule has 0 spiro atoms. The molecule has 20 heavy (non-hydrogen) atoms. The molecule has 102 valence electrons. The predicted molar refractivity (Wildman–Crippen MR) is 85.9 cm³/mol. The van der Waals surface area contributed by atoms with Gasteiger partial charge in [0.1, 0.15) is 5.75 Å². The molecule has 3 aromatic rings. The van der Waals surface area contributed by atoms with E-state index in [2.05, 4.69) is 10.3 Å². The van der Waals surface area contributed by atoms with Gasteiger partial charge in [-0.05, 0) is 30.3 Å². The number of methoxy groups -OCH3 is 1. The fourth-order valence-electron chi connectivity index (χ4n) is 1.81. The summed E-state index contributed by atoms with van der Waals surface area (Å²) in [5, 5.41) is 5.33. The van der Waals surface area contributed by atoms with Crippen LogP contribution in [0.2, 0.25) is 10.0 Å². The van der Waals surface area contributed by atoms with Gasteiger partial charge in [0.05, 0.1) is 22.3 Å². The van der Waals surface area contributed by atoms with Crippen LogP contribution in [0.5, 0.6) is 5.75 Å². The Hall–Kier alpha value is -1.49. The molecule has 3 rings (SSSR count). The third-order valence-corrected chi connectivity index (χ3v) is 4.23. The molecule has 0 amide bonds. The van der Waals surface area contributed by atoms with E-state index in [1.165, 1.54) is 0 Å². The Morgan fingerprint density at radius 2 is 2.00 bits per heavy atom. The molecule has 1 aromatic heterocycles. The molecule has 6 heteroatoms. The van der Waals surface area contributed by atoms with Gasteiger partial charge in [0, 0.05) is 16.8 Å². The third kappa shape index (κ3) is 2.68. The van der Waals surface area contributed by atoms with E-state index in [1.54, 1.807) is 24.5 Å². The zero-order chi connectivity index (χ0) is 14.1. The summed E-state index contributed by atoms with van der Waals surface area (Å²) in [6.07, 6.45) is 0. The molecular weight excluding hydrogens is 315 g/mol. The summed E-state index contributed by atoms with van der Waals surface area (Å²) in [4.78, 5) is 4.50. The molecule has 1 N–H and O–H groups in total. The largest absolute Gasteiger partial charge is 0.495 e. The molecule has 0 saturated carbocycles. The van der Waals surface area contributed by atoms with Gasteiger partial charge in [-0.25, -0.2) is 4.98 Å². The minimum absolute atomic E-state index is 0.578. The first-order chi connectivity index (χ1) is 9.65. The maximum Gasteiger partial charge on any atom is 0.188 e. The molecule has 3 nitrogen and oxygen atoms in total. The van der Waals surface area contributed by atoms with Crippen molar-refractivity contribution in [2.45, 2.75) is 0 Å². The van der Waals surface area contributed by atoms with Crippen LogP contribution in [0.4, 0.5) is 10.8 Å². The second kappa shape index (κ2) is 5.48. The van der Waals surface area contributed by atoms with Crippen LogP contribution in [0.15, 0.2) is 36.4 Å². The quantitative estimate of drug-likeness (QED) is 0.704. The fraction of sp³-hybridized carbons (Fsp3) is 0.0714. The lowest BCUT2D eigenvalue weighted by Crippen LogP contribution is -1.91. The van der Waals surface area contributed by atoms with Crippen molar-refractivity contribution in [1.82, 2.24) is 4.98 Å². The van der Waals surface area contributed by atoms with Crippen LogP contribution < -0.4 is 10.1 Å². The van der Waals surface area contributed by atoms with Crippen LogP contribution >= 0.6 is 34.5 Å². The van der Waals surface area contributed by atoms with Gasteiger partial charge < -0.3 is 10.1 Å². The SMILES string of the molecule is COc1cc(Nc2nc3ccc(Cl)cc3s2)ccc1Cl. The molecule has 0 saturated heterocycles. The lowest BCUT2D eigenvalue weighted by molar-refractivity contribution is 0.415. The van der Waals surface area contributed by atoms with Crippen LogP contribution in [0, 0.1) is 0 Å². The van der Waals surface area contributed by atoms with Crippen molar-refractivity contribution < 1.29 is 4.74 Å². The number of halogens is 2. The highest BCUT2D eigenvalue weighted by Crippen LogP contribution is 2.32. The number of fused-ring (bicyclic) bond motifs is 1. The number of nitrogens with zero attached hydrogens (tertiary/aromatic N) is 1. The zero-order valence-corrected chi connectivity index (χ0v) is 12.8. The van der Waals surface area contributed by atoms with Crippen molar-refractivity contribution in [3.8, 4) is 5.75 Å². The second-order valence-corrected chi connectivity index (χ2v) is 5.98. The summed E-state index contributed by atoms with van der Waals surface area (Å²) < 4.78 is 6.23. The van der Waals surface area contributed by atoms with Gasteiger partial charge in [-0.15, -0.1) is 0 Å². The second-order valence-electron chi connectivity index (χ2n) is 4.11. The Bertz CT molecular complexity index is 773. The summed E-state index contributed by atoms with van der Waals surface area (Å²) in [5.41, 5.74) is 1.79. The Morgan fingerprint density at radius 3 is 2.80 bits per heavy atom. The summed E-state index contributed by atoms with van der Waals surface area (Å²) in [6, 6.07) is 11.1. The normalized spacial score (nSPS) is 10.8. The van der Waals surface area contributed by atoms with Crippen molar-refractivity contribution in [3.63, 3.8) is 0 Å². The van der Waals surface area contributed by atoms with Crippen molar-refractivity contribution in [2.75, 3.05) is 12.4 Å². The maximum absolute atomic E-state index is 6.00. The van der Waals surface area contributed by atoms with Gasteiger partial charge in [0.25, 0.3) is 0 Å². The summed E-state index contributed by atoms with van der Waals surface area (Å²) >= 11 is 13.5. The van der Waals surface area contributed by atoms with Gasteiger partial charge >= 0.3 is 0 Å². The van der Waals surface area contributed by atoms with Crippen molar-refractivity contribution in [2.24, 2.45) is 0 Å². The first kappa shape index (κ1) is 13.5. The highest BCUT2D eigenvalue weighted by atomic mass is 35.5. The van der Waals surface area contributed by atoms with E-state index in [-0.39, 0.29) is 0 Å². The number of ether oxygens (including phenoxy) is 1. The molecule has 2 aromatic carbocycles. The van der Waals surface area contributed by atoms with E-state index in [0.717, 1.165) is 21.0 Å². The monoisotopic (exact) mass is 324 g/mol. The molecule has 0 aliphatic carbocycles. The van der Waals surface area contributed by atoms with Crippen molar-refractivity contribution in [3.05, 3.63) is 46.4 Å². The molecule has 0 aliphatic heterocycles. The Kier molecular flexibility index (Phi) is 3.70. The predicted octanol–water partition coefficient (Wildman–Crippen LogP) is 5.36. The number of rotatable bonds is 3. The lowest BCUT2D eigenvalue weighted by atomic mass is 10.3. The van der Waals surface area contributed by atoms with Crippen molar-refractivity contribution >= 4 is 55.6 Å². The number of hydrogen-bond acceptors (Lipinski definition) is 4. The summed E-state index contributed by atoms with van der Waals surface area (Å²) in [7, 11) is 1.59. The third-order valence-electron chi connectivity index (χ3n) is 2.75. The number of benzene rings is 2. The molecule has 0 unspecified atom stereocenters. The van der Waals surface area contributed by atoms with E-state index in [9.17, 15) is 0 Å². The maximum atomic E-state index is 6.00. The lowest BCUT2D eigenvalue weighted by Gasteiger charge is -2.06. The highest BCUT2D eigenvalue weighted by Gasteiger charge is 2.06. The molecule has 0 fully saturated rings. The Morgan fingerprint density at radius 1 is 1.15 bits per heavy atom. The van der Waals surface area contributed by atoms with Gasteiger partial charge in [0.2, 0.25) is 0 Å². The molecule has 0 atom stereocenters. The topological polar surface area (TPSA) is 34.1 Å². The average Bonchev–Trinajstić information content (AvgIpc) is 2.82. The molecule has 0 bridgehead atoms. The van der Waals surface area contributed by atoms with Gasteiger partial charge in [-0.1, -0.05) is 34.5 Å². The van der Waals surface area contributed by atoms with E-state index in [0.29, 0.717) is 15.8 Å². The van der Waals surface area contributed by atoms with Crippen LogP contribution in [0.1, 0.15) is 0 Å². The number of anilines is 2. The van der Waals surface area contributed by atoms with Crippen LogP contribution in [0.3, 0.4) is 0 Å². The van der Waals surface area contributed by atoms with Gasteiger partial charge in [-0.2, -0.15) is 0 Å². The molecular formula is C14H10Cl2N2OS. The van der Waals surface area contributed by atoms with Gasteiger partial charge in [-0.3, -0.25) is 0 Å². The number of nitrogens with one attached hydrogen (secondary N) is 1. The minimum Gasteiger partial charge on any atom is -0.495 e. The molecule has 1 heterocycles. The number of thiazole rings is 1. The number of aromatic nitrogens is 1. The van der Waals surface area contributed by atoms with E-state index >= 15 is 0 Å². The number of hydrogen-bond donors (Lipinski definition) is 1. The summed E-state index contributed by atoms with van der Waals surface area (Å²) in [6.45, 7) is 0. The highest BCUT2D eigenvalue weighted by molar-refractivity contribution is 7.22. The fourth-order valence-corrected chi connectivity index (χ4v) is 3.17. The van der Waals surface area contributed by atoms with Crippen LogP contribution in [-0.4, -0.2) is 12.1 Å². The van der Waals surface area contributed by atoms with Crippen LogP contribution in [-0.2, 0) is 0 Å². The Balaban J connectivity index is 1.92. The Labute approximate surface area is 130 Å². The first-order valence-electron chi connectivity index (χ1n) is 5.82. The molecule has 0 aliphatic rings. The van der Waals surface area contributed by atoms with Crippen molar-refractivity contribution in [1.29, 1.82) is 0 Å². The average molecular weight is 325 g/mol. The minimum atomic E-state index is 0.578. The van der Waals surface area contributed by atoms with E-state index < -0.39 is 0 Å². The smallest absolute Gasteiger partial charge is 0.188 e. The zero-order valence-electron chi connectivity index (χ0n) is 10.5. The van der Waals surface area contributed by atoms with E-state index in [4.69, 9.17) is 27.9 Å². The van der Waals surface area contributed by atoms with Gasteiger partial charge in [0.15, 0.2) is 5.13 Å². The molecule has 0 radical (unpaired) electrons. The summed E-state index contributed by atoms with van der Waals surface area (Å²) in [5.74, 6) is 0.626. The van der Waals surface area contributed by atoms with E-state index in [1.807, 2.05) is 30.3 Å². The van der Waals surface area contributed by atoms with Crippen LogP contribution in [0.25, 0.3) is 10.2 Å². The standard InChI is InChI=1S/C14H10Cl2N2OS/c1-19-12-7-9(3-4-10(12)16)17-14-18-11-5-2-8(15)6-13(11)20-14/h2-7H,1H3,(H,17,18).